The van der Waals surface area contributed by atoms with Gasteiger partial charge in [-0.05, 0) is 106 Å². The Hall–Kier alpha value is -6.02. The molecule has 1 atom stereocenters. The van der Waals surface area contributed by atoms with E-state index >= 15 is 0 Å². The Labute approximate surface area is 293 Å². The van der Waals surface area contributed by atoms with Gasteiger partial charge in [-0.25, -0.2) is 0 Å². The molecule has 1 heteroatoms. The van der Waals surface area contributed by atoms with E-state index in [1.807, 2.05) is 11.3 Å². The van der Waals surface area contributed by atoms with Gasteiger partial charge in [-0.2, -0.15) is 0 Å². The smallest absolute Gasteiger partial charge is 0.0725 e. The molecule has 2 aliphatic rings. The molecule has 1 spiro atoms. The van der Waals surface area contributed by atoms with Gasteiger partial charge in [0.1, 0.15) is 0 Å². The van der Waals surface area contributed by atoms with Crippen molar-refractivity contribution in [3.8, 4) is 33.4 Å². The topological polar surface area (TPSA) is 0 Å². The predicted octanol–water partition coefficient (Wildman–Crippen LogP) is 13.5. The fraction of sp³-hybridized carbons (Fsp3) is 0.0204. The van der Waals surface area contributed by atoms with Crippen molar-refractivity contribution in [3.63, 3.8) is 0 Å². The number of fused-ring (bicyclic) bond motifs is 16. The van der Waals surface area contributed by atoms with Crippen LogP contribution in [0.25, 0.3) is 85.9 Å². The van der Waals surface area contributed by atoms with Gasteiger partial charge in [-0.3, -0.25) is 0 Å². The van der Waals surface area contributed by atoms with Crippen LogP contribution in [0, 0.1) is 0 Å². The molecule has 0 fully saturated rings. The van der Waals surface area contributed by atoms with Gasteiger partial charge in [0.15, 0.2) is 0 Å². The number of rotatable bonds is 1. The van der Waals surface area contributed by atoms with Crippen LogP contribution in [-0.2, 0) is 5.41 Å². The molecule has 0 radical (unpaired) electrons. The van der Waals surface area contributed by atoms with Gasteiger partial charge < -0.3 is 0 Å². The Morgan fingerprint density at radius 3 is 1.76 bits per heavy atom. The Bertz CT molecular complexity index is 3100. The van der Waals surface area contributed by atoms with Crippen molar-refractivity contribution < 1.29 is 0 Å². The zero-order valence-corrected chi connectivity index (χ0v) is 27.9. The molecule has 10 aromatic rings. The van der Waals surface area contributed by atoms with Gasteiger partial charge in [0.25, 0.3) is 0 Å². The van der Waals surface area contributed by atoms with Gasteiger partial charge in [0, 0.05) is 20.2 Å². The van der Waals surface area contributed by atoms with Crippen LogP contribution in [0.15, 0.2) is 170 Å². The average Bonchev–Trinajstić information content (AvgIpc) is 3.71. The Kier molecular flexibility index (Phi) is 5.14. The van der Waals surface area contributed by atoms with E-state index < -0.39 is 5.41 Å². The van der Waals surface area contributed by atoms with Crippen LogP contribution in [0.3, 0.4) is 0 Å². The molecule has 0 N–H and O–H groups in total. The predicted molar refractivity (Wildman–Crippen MR) is 214 cm³/mol. The molecular weight excluding hydrogens is 621 g/mol. The summed E-state index contributed by atoms with van der Waals surface area (Å²) < 4.78 is 2.68. The molecule has 0 amide bonds. The second-order valence-electron chi connectivity index (χ2n) is 13.9. The minimum absolute atomic E-state index is 0.428. The van der Waals surface area contributed by atoms with Gasteiger partial charge in [-0.1, -0.05) is 152 Å². The van der Waals surface area contributed by atoms with Gasteiger partial charge in [0.2, 0.25) is 0 Å². The summed E-state index contributed by atoms with van der Waals surface area (Å²) in [6.45, 7) is 0. The van der Waals surface area contributed by atoms with Gasteiger partial charge in [-0.15, -0.1) is 11.3 Å². The summed E-state index contributed by atoms with van der Waals surface area (Å²) in [5.41, 5.74) is 12.9. The second-order valence-corrected chi connectivity index (χ2v) is 15.0. The number of hydrogen-bond donors (Lipinski definition) is 0. The summed E-state index contributed by atoms with van der Waals surface area (Å²) in [4.78, 5) is 0. The molecule has 9 aromatic carbocycles. The van der Waals surface area contributed by atoms with Crippen LogP contribution < -0.4 is 0 Å². The third kappa shape index (κ3) is 3.22. The molecule has 0 bridgehead atoms. The van der Waals surface area contributed by atoms with Crippen molar-refractivity contribution in [2.45, 2.75) is 5.41 Å². The molecular formula is C49H28S. The van der Waals surface area contributed by atoms with Crippen molar-refractivity contribution in [2.75, 3.05) is 0 Å². The van der Waals surface area contributed by atoms with Crippen LogP contribution in [0.5, 0.6) is 0 Å². The van der Waals surface area contributed by atoms with E-state index in [4.69, 9.17) is 0 Å². The fourth-order valence-electron chi connectivity index (χ4n) is 9.74. The molecule has 50 heavy (non-hydrogen) atoms. The number of thiophene rings is 1. The van der Waals surface area contributed by atoms with E-state index in [2.05, 4.69) is 170 Å². The maximum absolute atomic E-state index is 2.54. The largest absolute Gasteiger partial charge is 0.135 e. The second kappa shape index (κ2) is 9.57. The van der Waals surface area contributed by atoms with E-state index in [1.165, 1.54) is 108 Å². The van der Waals surface area contributed by atoms with E-state index in [0.717, 1.165) is 0 Å². The summed E-state index contributed by atoms with van der Waals surface area (Å²) in [6.07, 6.45) is 0. The summed E-state index contributed by atoms with van der Waals surface area (Å²) >= 11 is 1.92. The summed E-state index contributed by atoms with van der Waals surface area (Å²) in [5, 5.41) is 10.7. The molecule has 230 valence electrons. The summed E-state index contributed by atoms with van der Waals surface area (Å²) in [5.74, 6) is 0. The fourth-order valence-corrected chi connectivity index (χ4v) is 10.9. The molecule has 12 rings (SSSR count). The van der Waals surface area contributed by atoms with E-state index in [9.17, 15) is 0 Å². The van der Waals surface area contributed by atoms with Crippen molar-refractivity contribution >= 4 is 63.8 Å². The van der Waals surface area contributed by atoms with E-state index in [-0.39, 0.29) is 0 Å². The Balaban J connectivity index is 1.20. The maximum Gasteiger partial charge on any atom is 0.0725 e. The normalized spacial score (nSPS) is 15.7. The molecule has 1 heterocycles. The van der Waals surface area contributed by atoms with Crippen LogP contribution in [0.1, 0.15) is 22.3 Å². The monoisotopic (exact) mass is 648 g/mol. The van der Waals surface area contributed by atoms with Crippen LogP contribution in [0.4, 0.5) is 0 Å². The molecule has 0 saturated carbocycles. The van der Waals surface area contributed by atoms with Gasteiger partial charge >= 0.3 is 0 Å². The molecule has 0 aliphatic heterocycles. The lowest BCUT2D eigenvalue weighted by atomic mass is 9.61. The number of benzene rings is 9. The summed E-state index contributed by atoms with van der Waals surface area (Å²) in [7, 11) is 0. The van der Waals surface area contributed by atoms with E-state index in [1.54, 1.807) is 0 Å². The first-order valence-electron chi connectivity index (χ1n) is 17.4. The maximum atomic E-state index is 2.54. The standard InChI is InChI=1S/C49H28S/c1-2-14-32-29(11-1)24-26-44-47(32)48-37-18-4-3-15-33(37)39(28-45(48)50-44)31-23-25-36-34-16-5-7-20-40(34)49(43(36)27-31)41-21-8-6-17-35(41)38-19-9-12-30-13-10-22-42(49)46(30)38/h1-28H. The first-order chi connectivity index (χ1) is 24.8. The Morgan fingerprint density at radius 1 is 0.320 bits per heavy atom. The zero-order valence-electron chi connectivity index (χ0n) is 27.1. The highest BCUT2D eigenvalue weighted by Gasteiger charge is 2.50. The molecule has 0 saturated heterocycles. The third-order valence-corrected chi connectivity index (χ3v) is 12.8. The summed E-state index contributed by atoms with van der Waals surface area (Å²) in [6, 6.07) is 64.2. The lowest BCUT2D eigenvalue weighted by Crippen LogP contribution is -2.31. The highest BCUT2D eigenvalue weighted by atomic mass is 32.1. The van der Waals surface area contributed by atoms with Crippen molar-refractivity contribution in [1.29, 1.82) is 0 Å². The molecule has 1 unspecified atom stereocenters. The zero-order chi connectivity index (χ0) is 32.6. The molecule has 0 nitrogen and oxygen atoms in total. The molecule has 1 aromatic heterocycles. The minimum atomic E-state index is -0.428. The lowest BCUT2D eigenvalue weighted by molar-refractivity contribution is 0.774. The van der Waals surface area contributed by atoms with Crippen LogP contribution in [-0.4, -0.2) is 0 Å². The first kappa shape index (κ1) is 26.9. The van der Waals surface area contributed by atoms with Crippen molar-refractivity contribution in [1.82, 2.24) is 0 Å². The molecule has 2 aliphatic carbocycles. The van der Waals surface area contributed by atoms with Crippen LogP contribution >= 0.6 is 11.3 Å². The highest BCUT2D eigenvalue weighted by molar-refractivity contribution is 7.26. The Morgan fingerprint density at radius 2 is 0.920 bits per heavy atom. The van der Waals surface area contributed by atoms with E-state index in [0.29, 0.717) is 0 Å². The SMILES string of the molecule is c1ccc2c(c1)-c1ccc(-c3cc4sc5ccc6ccccc6c5c4c4ccccc34)cc1C21c2ccccc2-c2cccc3cccc1c23. The average molecular weight is 649 g/mol. The third-order valence-electron chi connectivity index (χ3n) is 11.7. The van der Waals surface area contributed by atoms with Gasteiger partial charge in [0.05, 0.1) is 5.41 Å². The highest BCUT2D eigenvalue weighted by Crippen LogP contribution is 2.62. The lowest BCUT2D eigenvalue weighted by Gasteiger charge is -2.40. The van der Waals surface area contributed by atoms with Crippen molar-refractivity contribution in [3.05, 3.63) is 192 Å². The number of hydrogen-bond acceptors (Lipinski definition) is 1. The minimum Gasteiger partial charge on any atom is -0.135 e. The quantitative estimate of drug-likeness (QED) is 0.166. The van der Waals surface area contributed by atoms with Crippen LogP contribution in [0.2, 0.25) is 0 Å². The van der Waals surface area contributed by atoms with Crippen molar-refractivity contribution in [2.24, 2.45) is 0 Å². The first-order valence-corrected chi connectivity index (χ1v) is 18.2.